The van der Waals surface area contributed by atoms with Crippen LogP contribution in [0.3, 0.4) is 0 Å². The summed E-state index contributed by atoms with van der Waals surface area (Å²) in [5.74, 6) is 1.46. The molecule has 0 atom stereocenters. The molecule has 1 fully saturated rings. The maximum Gasteiger partial charge on any atom is 0.238 e. The highest BCUT2D eigenvalue weighted by Gasteiger charge is 2.20. The molecule has 2 aromatic rings. The van der Waals surface area contributed by atoms with Gasteiger partial charge in [-0.25, -0.2) is 9.97 Å². The molecular weight excluding hydrogens is 252 g/mol. The molecule has 0 saturated heterocycles. The van der Waals surface area contributed by atoms with E-state index in [1.807, 2.05) is 18.2 Å². The fraction of sp³-hybridized carbons (Fsp3) is 0.467. The van der Waals surface area contributed by atoms with Gasteiger partial charge >= 0.3 is 0 Å². The van der Waals surface area contributed by atoms with Gasteiger partial charge in [0.05, 0.1) is 0 Å². The molecule has 0 bridgehead atoms. The van der Waals surface area contributed by atoms with Gasteiger partial charge in [0.25, 0.3) is 0 Å². The van der Waals surface area contributed by atoms with Gasteiger partial charge in [0, 0.05) is 17.6 Å². The van der Waals surface area contributed by atoms with E-state index < -0.39 is 0 Å². The van der Waals surface area contributed by atoms with Crippen LogP contribution < -0.4 is 11.1 Å². The third-order valence-electron chi connectivity index (χ3n) is 4.12. The molecule has 106 valence electrons. The Kier molecular flexibility index (Phi) is 3.69. The zero-order valence-electron chi connectivity index (χ0n) is 11.4. The Balaban J connectivity index is 1.73. The lowest BCUT2D eigenvalue weighted by Gasteiger charge is -2.28. The van der Waals surface area contributed by atoms with Crippen LogP contribution in [-0.2, 0) is 0 Å². The molecule has 0 aliphatic heterocycles. The first-order valence-corrected chi connectivity index (χ1v) is 7.17. The van der Waals surface area contributed by atoms with E-state index in [2.05, 4.69) is 15.3 Å². The van der Waals surface area contributed by atoms with Crippen LogP contribution in [0.1, 0.15) is 25.7 Å². The summed E-state index contributed by atoms with van der Waals surface area (Å²) < 4.78 is 0. The average molecular weight is 272 g/mol. The Bertz CT molecular complexity index is 593. The van der Waals surface area contributed by atoms with Crippen molar-refractivity contribution in [2.24, 2.45) is 11.7 Å². The summed E-state index contributed by atoms with van der Waals surface area (Å²) in [6.45, 7) is 0.792. The molecule has 0 amide bonds. The average Bonchev–Trinajstić information content (AvgIpc) is 2.49. The van der Waals surface area contributed by atoms with Crippen molar-refractivity contribution in [1.82, 2.24) is 9.97 Å². The monoisotopic (exact) mass is 272 g/mol. The maximum absolute atomic E-state index is 9.75. The van der Waals surface area contributed by atoms with Crippen LogP contribution in [0.2, 0.25) is 0 Å². The van der Waals surface area contributed by atoms with Gasteiger partial charge in [-0.2, -0.15) is 0 Å². The second-order valence-corrected chi connectivity index (χ2v) is 5.50. The van der Waals surface area contributed by atoms with Gasteiger partial charge in [0.1, 0.15) is 11.3 Å². The van der Waals surface area contributed by atoms with Crippen molar-refractivity contribution in [3.8, 4) is 5.88 Å². The van der Waals surface area contributed by atoms with E-state index in [1.165, 1.54) is 12.8 Å². The van der Waals surface area contributed by atoms with Crippen LogP contribution in [0.4, 0.5) is 5.82 Å². The lowest BCUT2D eigenvalue weighted by Crippen LogP contribution is -2.29. The number of nitrogens with one attached hydrogen (secondary N) is 1. The molecule has 5 nitrogen and oxygen atoms in total. The molecule has 0 aromatic carbocycles. The molecule has 0 radical (unpaired) electrons. The molecule has 4 N–H and O–H groups in total. The molecule has 1 saturated carbocycles. The zero-order valence-corrected chi connectivity index (χ0v) is 11.4. The number of nitrogens with two attached hydrogens (primary N) is 1. The van der Waals surface area contributed by atoms with E-state index in [4.69, 9.17) is 5.73 Å². The van der Waals surface area contributed by atoms with E-state index in [-0.39, 0.29) is 5.88 Å². The number of nitrogens with zero attached hydrogens (tertiary/aromatic N) is 2. The van der Waals surface area contributed by atoms with Crippen LogP contribution in [0.15, 0.2) is 24.4 Å². The van der Waals surface area contributed by atoms with Crippen molar-refractivity contribution in [2.45, 2.75) is 31.7 Å². The number of rotatable bonds is 3. The second kappa shape index (κ2) is 5.63. The van der Waals surface area contributed by atoms with Crippen molar-refractivity contribution in [3.05, 3.63) is 24.4 Å². The summed E-state index contributed by atoms with van der Waals surface area (Å²) in [5, 5.41) is 14.1. The van der Waals surface area contributed by atoms with Crippen LogP contribution in [0.25, 0.3) is 10.9 Å². The normalized spacial score (nSPS) is 22.9. The molecule has 1 aliphatic rings. The molecule has 20 heavy (non-hydrogen) atoms. The third-order valence-corrected chi connectivity index (χ3v) is 4.12. The van der Waals surface area contributed by atoms with Crippen LogP contribution in [0, 0.1) is 5.92 Å². The Morgan fingerprint density at radius 3 is 2.75 bits per heavy atom. The van der Waals surface area contributed by atoms with E-state index in [1.54, 1.807) is 6.20 Å². The summed E-state index contributed by atoms with van der Waals surface area (Å²) in [4.78, 5) is 8.33. The van der Waals surface area contributed by atoms with Gasteiger partial charge < -0.3 is 16.2 Å². The van der Waals surface area contributed by atoms with E-state index in [0.717, 1.165) is 30.6 Å². The summed E-state index contributed by atoms with van der Waals surface area (Å²) in [6.07, 6.45) is 6.19. The summed E-state index contributed by atoms with van der Waals surface area (Å²) >= 11 is 0. The Morgan fingerprint density at radius 2 is 2.00 bits per heavy atom. The number of aromatic hydroxyl groups is 1. The zero-order chi connectivity index (χ0) is 13.9. The predicted molar refractivity (Wildman–Crippen MR) is 79.6 cm³/mol. The summed E-state index contributed by atoms with van der Waals surface area (Å²) in [7, 11) is 0. The van der Waals surface area contributed by atoms with E-state index in [9.17, 15) is 5.11 Å². The lowest BCUT2D eigenvalue weighted by atomic mass is 9.86. The topological polar surface area (TPSA) is 84.1 Å². The van der Waals surface area contributed by atoms with Crippen molar-refractivity contribution in [1.29, 1.82) is 0 Å². The number of hydrogen-bond donors (Lipinski definition) is 3. The first-order chi connectivity index (χ1) is 9.76. The Morgan fingerprint density at radius 1 is 1.20 bits per heavy atom. The largest absolute Gasteiger partial charge is 0.492 e. The fourth-order valence-electron chi connectivity index (χ4n) is 2.86. The van der Waals surface area contributed by atoms with Gasteiger partial charge in [-0.3, -0.25) is 0 Å². The Hall–Kier alpha value is -1.88. The SMILES string of the molecule is NC[C@H]1CC[C@H](Nc2ccc3ccnc(O)c3n2)CC1. The van der Waals surface area contributed by atoms with Crippen molar-refractivity contribution in [3.63, 3.8) is 0 Å². The Labute approximate surface area is 118 Å². The van der Waals surface area contributed by atoms with Crippen molar-refractivity contribution in [2.75, 3.05) is 11.9 Å². The number of pyridine rings is 2. The van der Waals surface area contributed by atoms with Gasteiger partial charge in [0.2, 0.25) is 5.88 Å². The minimum Gasteiger partial charge on any atom is -0.492 e. The van der Waals surface area contributed by atoms with Gasteiger partial charge in [-0.15, -0.1) is 0 Å². The van der Waals surface area contributed by atoms with Crippen LogP contribution in [0.5, 0.6) is 5.88 Å². The standard InChI is InChI=1S/C15H20N4O/c16-9-10-1-4-12(5-2-10)18-13-6-3-11-7-8-17-15(20)14(11)19-13/h3,6-8,10,12H,1-2,4-5,9,16H2,(H,17,20)(H,18,19)/t10-,12-. The first-order valence-electron chi connectivity index (χ1n) is 7.17. The molecule has 3 rings (SSSR count). The molecular formula is C15H20N4O. The second-order valence-electron chi connectivity index (χ2n) is 5.50. The summed E-state index contributed by atoms with van der Waals surface area (Å²) in [6, 6.07) is 6.20. The van der Waals surface area contributed by atoms with Crippen LogP contribution >= 0.6 is 0 Å². The predicted octanol–water partition coefficient (Wildman–Crippen LogP) is 2.26. The molecule has 5 heteroatoms. The summed E-state index contributed by atoms with van der Waals surface area (Å²) in [5.41, 5.74) is 6.26. The smallest absolute Gasteiger partial charge is 0.238 e. The number of fused-ring (bicyclic) bond motifs is 1. The van der Waals surface area contributed by atoms with Gasteiger partial charge in [-0.1, -0.05) is 0 Å². The maximum atomic E-state index is 9.75. The van der Waals surface area contributed by atoms with E-state index in [0.29, 0.717) is 17.5 Å². The fourth-order valence-corrected chi connectivity index (χ4v) is 2.86. The lowest BCUT2D eigenvalue weighted by molar-refractivity contribution is 0.344. The number of aromatic nitrogens is 2. The quantitative estimate of drug-likeness (QED) is 0.798. The minimum absolute atomic E-state index is 0.0158. The molecule has 2 aromatic heterocycles. The van der Waals surface area contributed by atoms with Crippen molar-refractivity contribution >= 4 is 16.7 Å². The van der Waals surface area contributed by atoms with Gasteiger partial charge in [0.15, 0.2) is 0 Å². The minimum atomic E-state index is -0.0158. The highest BCUT2D eigenvalue weighted by Crippen LogP contribution is 2.27. The molecule has 0 spiro atoms. The van der Waals surface area contributed by atoms with Crippen LogP contribution in [-0.4, -0.2) is 27.7 Å². The highest BCUT2D eigenvalue weighted by atomic mass is 16.3. The number of anilines is 1. The van der Waals surface area contributed by atoms with E-state index >= 15 is 0 Å². The molecule has 1 aliphatic carbocycles. The molecule has 0 unspecified atom stereocenters. The molecule has 2 heterocycles. The van der Waals surface area contributed by atoms with Crippen molar-refractivity contribution < 1.29 is 5.11 Å². The first kappa shape index (κ1) is 13.1. The van der Waals surface area contributed by atoms with Gasteiger partial charge in [-0.05, 0) is 56.3 Å². The number of hydrogen-bond acceptors (Lipinski definition) is 5. The third kappa shape index (κ3) is 2.67. The highest BCUT2D eigenvalue weighted by molar-refractivity contribution is 5.83.